The maximum Gasteiger partial charge on any atom is 0.270 e. The summed E-state index contributed by atoms with van der Waals surface area (Å²) < 4.78 is 28.0. The van der Waals surface area contributed by atoms with Crippen LogP contribution in [0.25, 0.3) is 0 Å². The van der Waals surface area contributed by atoms with Gasteiger partial charge in [0.15, 0.2) is 0 Å². The third-order valence-electron chi connectivity index (χ3n) is 5.01. The molecule has 0 radical (unpaired) electrons. The van der Waals surface area contributed by atoms with Crippen LogP contribution in [0.2, 0.25) is 0 Å². The Balaban J connectivity index is 2.45. The Hall–Kier alpha value is -1.79. The molecule has 0 aromatic heterocycles. The molecule has 1 aliphatic heterocycles. The minimum absolute atomic E-state index is 0.101. The molecule has 1 fully saturated rings. The van der Waals surface area contributed by atoms with E-state index in [1.807, 2.05) is 14.1 Å². The Bertz CT molecular complexity index is 772. The number of piperidine rings is 1. The first kappa shape index (κ1) is 22.5. The molecule has 0 spiro atoms. The van der Waals surface area contributed by atoms with Crippen LogP contribution < -0.4 is 4.90 Å². The van der Waals surface area contributed by atoms with E-state index in [-0.39, 0.29) is 48.6 Å². The summed E-state index contributed by atoms with van der Waals surface area (Å²) in [5, 5.41) is 29.8. The lowest BCUT2D eigenvalue weighted by Crippen LogP contribution is -2.44. The molecule has 0 amide bonds. The van der Waals surface area contributed by atoms with Gasteiger partial charge >= 0.3 is 0 Å². The first-order valence-electron chi connectivity index (χ1n) is 9.14. The van der Waals surface area contributed by atoms with Gasteiger partial charge in [0.25, 0.3) is 5.69 Å². The summed E-state index contributed by atoms with van der Waals surface area (Å²) in [6.45, 7) is 0.364. The molecule has 0 saturated carbocycles. The third kappa shape index (κ3) is 4.97. The molecule has 0 bridgehead atoms. The zero-order valence-corrected chi connectivity index (χ0v) is 17.0. The molecule has 11 heteroatoms. The summed E-state index contributed by atoms with van der Waals surface area (Å²) in [6.07, 6.45) is 1.35. The lowest BCUT2D eigenvalue weighted by molar-refractivity contribution is -0.385. The third-order valence-corrected chi connectivity index (χ3v) is 6.93. The van der Waals surface area contributed by atoms with Crippen molar-refractivity contribution in [1.82, 2.24) is 9.21 Å². The second-order valence-corrected chi connectivity index (χ2v) is 8.85. The zero-order valence-electron chi connectivity index (χ0n) is 16.2. The molecule has 0 atom stereocenters. The fourth-order valence-corrected chi connectivity index (χ4v) is 5.12. The maximum absolute atomic E-state index is 13.3. The Morgan fingerprint density at radius 2 is 1.75 bits per heavy atom. The second kappa shape index (κ2) is 9.61. The number of benzene rings is 1. The molecule has 1 aliphatic rings. The number of rotatable bonds is 9. The van der Waals surface area contributed by atoms with Crippen LogP contribution in [0.5, 0.6) is 0 Å². The van der Waals surface area contributed by atoms with Crippen LogP contribution >= 0.6 is 0 Å². The molecule has 0 aliphatic carbocycles. The smallest absolute Gasteiger partial charge is 0.270 e. The van der Waals surface area contributed by atoms with Crippen molar-refractivity contribution in [2.75, 3.05) is 58.4 Å². The monoisotopic (exact) mass is 416 g/mol. The van der Waals surface area contributed by atoms with E-state index in [4.69, 9.17) is 0 Å². The van der Waals surface area contributed by atoms with Crippen molar-refractivity contribution >= 4 is 21.4 Å². The van der Waals surface area contributed by atoms with E-state index in [9.17, 15) is 28.7 Å². The van der Waals surface area contributed by atoms with Gasteiger partial charge in [0.05, 0.1) is 23.8 Å². The largest absolute Gasteiger partial charge is 0.395 e. The van der Waals surface area contributed by atoms with Crippen LogP contribution in [0, 0.1) is 10.1 Å². The standard InChI is InChI=1S/C17H28N4O6S/c1-18(2)14-5-7-20(8-6-14)28(26,27)17-13-15(21(24)25)3-4-16(17)19(9-11-22)10-12-23/h3-4,13-14,22-23H,5-12H2,1-2H3. The SMILES string of the molecule is CN(C)C1CCN(S(=O)(=O)c2cc([N+](=O)[O-])ccc2N(CCO)CCO)CC1. The number of nitrogens with zero attached hydrogens (tertiary/aromatic N) is 4. The predicted octanol–water partition coefficient (Wildman–Crippen LogP) is 0.101. The van der Waals surface area contributed by atoms with Gasteiger partial charge < -0.3 is 20.0 Å². The van der Waals surface area contributed by atoms with E-state index >= 15 is 0 Å². The van der Waals surface area contributed by atoms with Gasteiger partial charge in [-0.3, -0.25) is 10.1 Å². The van der Waals surface area contributed by atoms with Gasteiger partial charge in [-0.2, -0.15) is 4.31 Å². The number of hydrogen-bond donors (Lipinski definition) is 2. The number of nitro groups is 1. The number of hydrogen-bond acceptors (Lipinski definition) is 8. The van der Waals surface area contributed by atoms with Gasteiger partial charge in [-0.15, -0.1) is 0 Å². The van der Waals surface area contributed by atoms with Crippen molar-refractivity contribution in [3.63, 3.8) is 0 Å². The fourth-order valence-electron chi connectivity index (χ4n) is 3.42. The van der Waals surface area contributed by atoms with Gasteiger partial charge in [0, 0.05) is 44.4 Å². The first-order chi connectivity index (χ1) is 13.2. The van der Waals surface area contributed by atoms with E-state index in [1.54, 1.807) is 0 Å². The quantitative estimate of drug-likeness (QED) is 0.429. The molecular formula is C17H28N4O6S. The predicted molar refractivity (Wildman–Crippen MR) is 105 cm³/mol. The highest BCUT2D eigenvalue weighted by Gasteiger charge is 2.33. The molecule has 0 unspecified atom stereocenters. The number of aliphatic hydroxyl groups excluding tert-OH is 2. The van der Waals surface area contributed by atoms with Crippen LogP contribution in [0.1, 0.15) is 12.8 Å². The first-order valence-corrected chi connectivity index (χ1v) is 10.6. The molecule has 28 heavy (non-hydrogen) atoms. The number of sulfonamides is 1. The van der Waals surface area contributed by atoms with E-state index in [0.29, 0.717) is 25.9 Å². The Labute approximate surface area is 165 Å². The van der Waals surface area contributed by atoms with Crippen molar-refractivity contribution in [3.05, 3.63) is 28.3 Å². The summed E-state index contributed by atoms with van der Waals surface area (Å²) in [4.78, 5) is 14.0. The molecule has 1 aromatic carbocycles. The molecule has 158 valence electrons. The minimum atomic E-state index is -3.97. The molecular weight excluding hydrogens is 388 g/mol. The van der Waals surface area contributed by atoms with Crippen LogP contribution in [-0.2, 0) is 10.0 Å². The molecule has 2 rings (SSSR count). The molecule has 2 N–H and O–H groups in total. The average Bonchev–Trinajstić information content (AvgIpc) is 2.67. The van der Waals surface area contributed by atoms with Gasteiger partial charge in [0.2, 0.25) is 10.0 Å². The highest BCUT2D eigenvalue weighted by atomic mass is 32.2. The highest BCUT2D eigenvalue weighted by molar-refractivity contribution is 7.89. The molecule has 1 saturated heterocycles. The Morgan fingerprint density at radius 3 is 2.21 bits per heavy atom. The summed E-state index contributed by atoms with van der Waals surface area (Å²) in [6, 6.07) is 3.94. The van der Waals surface area contributed by atoms with Gasteiger partial charge in [0.1, 0.15) is 4.90 Å². The van der Waals surface area contributed by atoms with Crippen molar-refractivity contribution in [3.8, 4) is 0 Å². The second-order valence-electron chi connectivity index (χ2n) is 6.94. The fraction of sp³-hybridized carbons (Fsp3) is 0.647. The average molecular weight is 417 g/mol. The van der Waals surface area contributed by atoms with Crippen molar-refractivity contribution in [1.29, 1.82) is 0 Å². The Morgan fingerprint density at radius 1 is 1.18 bits per heavy atom. The summed E-state index contributed by atoms with van der Waals surface area (Å²) >= 11 is 0. The topological polar surface area (TPSA) is 127 Å². The zero-order chi connectivity index (χ0) is 20.9. The van der Waals surface area contributed by atoms with Crippen LogP contribution in [0.15, 0.2) is 23.1 Å². The molecule has 10 nitrogen and oxygen atoms in total. The van der Waals surface area contributed by atoms with Crippen LogP contribution in [-0.4, -0.2) is 92.3 Å². The van der Waals surface area contributed by atoms with Crippen molar-refractivity contribution in [2.45, 2.75) is 23.8 Å². The van der Waals surface area contributed by atoms with Crippen LogP contribution in [0.3, 0.4) is 0 Å². The number of nitro benzene ring substituents is 1. The highest BCUT2D eigenvalue weighted by Crippen LogP contribution is 2.33. The van der Waals surface area contributed by atoms with E-state index in [2.05, 4.69) is 4.90 Å². The van der Waals surface area contributed by atoms with Gasteiger partial charge in [-0.25, -0.2) is 8.42 Å². The normalized spacial score (nSPS) is 16.5. The van der Waals surface area contributed by atoms with E-state index in [0.717, 1.165) is 6.07 Å². The molecule has 1 heterocycles. The minimum Gasteiger partial charge on any atom is -0.395 e. The van der Waals surface area contributed by atoms with Crippen LogP contribution in [0.4, 0.5) is 11.4 Å². The maximum atomic E-state index is 13.3. The number of anilines is 1. The number of non-ortho nitro benzene ring substituents is 1. The van der Waals surface area contributed by atoms with Crippen molar-refractivity contribution < 1.29 is 23.6 Å². The van der Waals surface area contributed by atoms with Gasteiger partial charge in [-0.05, 0) is 33.0 Å². The Kier molecular flexibility index (Phi) is 7.72. The van der Waals surface area contributed by atoms with E-state index in [1.165, 1.54) is 21.3 Å². The van der Waals surface area contributed by atoms with Crippen molar-refractivity contribution in [2.24, 2.45) is 0 Å². The van der Waals surface area contributed by atoms with Gasteiger partial charge in [-0.1, -0.05) is 0 Å². The summed E-state index contributed by atoms with van der Waals surface area (Å²) in [5.41, 5.74) is -0.0816. The number of aliphatic hydroxyl groups is 2. The molecule has 1 aromatic rings. The summed E-state index contributed by atoms with van der Waals surface area (Å²) in [5.74, 6) is 0. The lowest BCUT2D eigenvalue weighted by Gasteiger charge is -2.35. The summed E-state index contributed by atoms with van der Waals surface area (Å²) in [7, 11) is -0.0670. The van der Waals surface area contributed by atoms with E-state index < -0.39 is 14.9 Å². The lowest BCUT2D eigenvalue weighted by atomic mass is 10.1.